The van der Waals surface area contributed by atoms with Crippen molar-refractivity contribution < 1.29 is 23.9 Å². The minimum Gasteiger partial charge on any atom is -0.494 e. The van der Waals surface area contributed by atoms with Crippen molar-refractivity contribution in [3.8, 4) is 5.75 Å². The molecular weight excluding hydrogens is 518 g/mol. The summed E-state index contributed by atoms with van der Waals surface area (Å²) in [6, 6.07) is 14.7. The lowest BCUT2D eigenvalue weighted by molar-refractivity contribution is -0.141. The summed E-state index contributed by atoms with van der Waals surface area (Å²) >= 11 is 0. The molecule has 3 aliphatic heterocycles. The zero-order chi connectivity index (χ0) is 28.6. The Labute approximate surface area is 241 Å². The predicted molar refractivity (Wildman–Crippen MR) is 155 cm³/mol. The van der Waals surface area contributed by atoms with Gasteiger partial charge in [0, 0.05) is 18.3 Å². The molecule has 0 aromatic heterocycles. The zero-order valence-electron chi connectivity index (χ0n) is 23.8. The second-order valence-electron chi connectivity index (χ2n) is 11.8. The Morgan fingerprint density at radius 3 is 2.46 bits per heavy atom. The minimum atomic E-state index is -1.16. The number of anilines is 1. The Kier molecular flexibility index (Phi) is 7.60. The molecule has 41 heavy (non-hydrogen) atoms. The molecule has 2 N–H and O–H groups in total. The molecular formula is C33H39N3O5. The van der Waals surface area contributed by atoms with Crippen LogP contribution in [0.4, 0.5) is 5.69 Å². The van der Waals surface area contributed by atoms with Gasteiger partial charge in [-0.25, -0.2) is 0 Å². The lowest BCUT2D eigenvalue weighted by atomic mass is 9.74. The molecule has 1 spiro atoms. The fourth-order valence-electron chi connectivity index (χ4n) is 7.07. The van der Waals surface area contributed by atoms with Crippen LogP contribution in [0.2, 0.25) is 0 Å². The lowest BCUT2D eigenvalue weighted by Crippen LogP contribution is -2.56. The molecule has 4 aliphatic rings. The van der Waals surface area contributed by atoms with E-state index in [0.29, 0.717) is 25.3 Å². The first-order valence-corrected chi connectivity index (χ1v) is 15.0. The summed E-state index contributed by atoms with van der Waals surface area (Å²) in [5.41, 5.74) is 1.72. The molecule has 5 atom stereocenters. The molecule has 3 fully saturated rings. The van der Waals surface area contributed by atoms with E-state index in [0.717, 1.165) is 37.0 Å². The summed E-state index contributed by atoms with van der Waals surface area (Å²) < 4.78 is 12.0. The second kappa shape index (κ2) is 11.3. The van der Waals surface area contributed by atoms with E-state index in [2.05, 4.69) is 34.9 Å². The van der Waals surface area contributed by atoms with E-state index in [1.54, 1.807) is 29.2 Å². The first-order valence-electron chi connectivity index (χ1n) is 15.0. The minimum absolute atomic E-state index is 0.0992. The number of nitrogens with one attached hydrogen (secondary N) is 2. The van der Waals surface area contributed by atoms with Crippen LogP contribution >= 0.6 is 0 Å². The smallest absolute Gasteiger partial charge is 0.246 e. The van der Waals surface area contributed by atoms with Crippen molar-refractivity contribution in [2.24, 2.45) is 11.8 Å². The standard InChI is InChI=1S/C33H39N3O5/c1-3-40-25-15-13-24(14-16-25)34-30(37)27-26-17-19-33(41-26)28(27)32(39)36(20-18-22-11-9-21(2)10-12-22)29(33)31(38)35-23-7-5-4-6-8-23/h9-17,19,23,26-29H,3-8,18,20H2,1-2H3,(H,34,37)(H,35,38)/t26-,27-,28-,29+,33-/m1/s1. The number of amides is 3. The van der Waals surface area contributed by atoms with Crippen LogP contribution in [0.1, 0.15) is 50.2 Å². The van der Waals surface area contributed by atoms with E-state index >= 15 is 0 Å². The lowest BCUT2D eigenvalue weighted by Gasteiger charge is -2.34. The van der Waals surface area contributed by atoms with Crippen LogP contribution in [-0.2, 0) is 25.5 Å². The molecule has 0 radical (unpaired) electrons. The first kappa shape index (κ1) is 27.5. The number of aryl methyl sites for hydroxylation is 1. The Hall–Kier alpha value is -3.65. The molecule has 1 aliphatic carbocycles. The number of fused-ring (bicyclic) bond motifs is 1. The van der Waals surface area contributed by atoms with Gasteiger partial charge in [0.2, 0.25) is 17.7 Å². The number of ether oxygens (including phenoxy) is 2. The molecule has 8 nitrogen and oxygen atoms in total. The SMILES string of the molecule is CCOc1ccc(NC(=O)[C@@H]2[C@H]3C=C[C@]4(O3)[C@H](C(=O)NC3CCCCC3)N(CCc3ccc(C)cc3)C(=O)[C@@H]24)cc1. The van der Waals surface area contributed by atoms with Gasteiger partial charge in [0.05, 0.1) is 24.5 Å². The first-order chi connectivity index (χ1) is 19.9. The normalized spacial score (nSPS) is 28.5. The Balaban J connectivity index is 1.26. The maximum Gasteiger partial charge on any atom is 0.246 e. The van der Waals surface area contributed by atoms with Crippen LogP contribution in [0.25, 0.3) is 0 Å². The fourth-order valence-corrected chi connectivity index (χ4v) is 7.07. The number of rotatable bonds is 9. The van der Waals surface area contributed by atoms with E-state index < -0.39 is 29.6 Å². The highest BCUT2D eigenvalue weighted by molar-refractivity contribution is 6.02. The number of benzene rings is 2. The molecule has 3 heterocycles. The molecule has 2 aromatic rings. The van der Waals surface area contributed by atoms with E-state index in [1.807, 2.05) is 26.0 Å². The largest absolute Gasteiger partial charge is 0.494 e. The van der Waals surface area contributed by atoms with Gasteiger partial charge in [-0.2, -0.15) is 0 Å². The van der Waals surface area contributed by atoms with Crippen molar-refractivity contribution in [3.63, 3.8) is 0 Å². The van der Waals surface area contributed by atoms with E-state index in [1.165, 1.54) is 12.0 Å². The van der Waals surface area contributed by atoms with Crippen LogP contribution in [0.15, 0.2) is 60.7 Å². The van der Waals surface area contributed by atoms with Gasteiger partial charge in [-0.1, -0.05) is 61.2 Å². The van der Waals surface area contributed by atoms with E-state index in [-0.39, 0.29) is 23.8 Å². The highest BCUT2D eigenvalue weighted by Gasteiger charge is 2.72. The van der Waals surface area contributed by atoms with Gasteiger partial charge < -0.3 is 25.0 Å². The molecule has 6 rings (SSSR count). The van der Waals surface area contributed by atoms with Crippen molar-refractivity contribution in [1.82, 2.24) is 10.2 Å². The molecule has 2 saturated heterocycles. The van der Waals surface area contributed by atoms with Crippen molar-refractivity contribution in [2.75, 3.05) is 18.5 Å². The summed E-state index contributed by atoms with van der Waals surface area (Å²) in [5.74, 6) is -1.43. The van der Waals surface area contributed by atoms with Gasteiger partial charge in [0.1, 0.15) is 17.4 Å². The highest BCUT2D eigenvalue weighted by atomic mass is 16.5. The molecule has 3 amide bonds. The molecule has 8 heteroatoms. The third-order valence-corrected chi connectivity index (χ3v) is 9.07. The average molecular weight is 558 g/mol. The summed E-state index contributed by atoms with van der Waals surface area (Å²) in [7, 11) is 0. The number of hydrogen-bond donors (Lipinski definition) is 2. The van der Waals surface area contributed by atoms with Gasteiger partial charge in [-0.15, -0.1) is 0 Å². The summed E-state index contributed by atoms with van der Waals surface area (Å²) in [6.45, 7) is 4.89. The van der Waals surface area contributed by atoms with Crippen molar-refractivity contribution in [1.29, 1.82) is 0 Å². The number of carbonyl (C=O) groups excluding carboxylic acids is 3. The summed E-state index contributed by atoms with van der Waals surface area (Å²) in [5, 5.41) is 6.22. The maximum atomic E-state index is 14.2. The van der Waals surface area contributed by atoms with E-state index in [4.69, 9.17) is 9.47 Å². The third-order valence-electron chi connectivity index (χ3n) is 9.07. The van der Waals surface area contributed by atoms with Gasteiger partial charge in [-0.3, -0.25) is 14.4 Å². The Bertz CT molecular complexity index is 1320. The van der Waals surface area contributed by atoms with Crippen molar-refractivity contribution in [3.05, 3.63) is 71.8 Å². The molecule has 2 aromatic carbocycles. The number of carbonyl (C=O) groups is 3. The topological polar surface area (TPSA) is 97.0 Å². The monoisotopic (exact) mass is 557 g/mol. The van der Waals surface area contributed by atoms with Gasteiger partial charge in [-0.05, 0) is 62.9 Å². The van der Waals surface area contributed by atoms with Crippen LogP contribution in [-0.4, -0.2) is 59.6 Å². The predicted octanol–water partition coefficient (Wildman–Crippen LogP) is 4.17. The van der Waals surface area contributed by atoms with Gasteiger partial charge in [0.15, 0.2) is 0 Å². The number of nitrogens with zero attached hydrogens (tertiary/aromatic N) is 1. The zero-order valence-corrected chi connectivity index (χ0v) is 23.8. The molecule has 216 valence electrons. The number of likely N-dealkylation sites (tertiary alicyclic amines) is 1. The van der Waals surface area contributed by atoms with Crippen LogP contribution < -0.4 is 15.4 Å². The second-order valence-corrected chi connectivity index (χ2v) is 11.8. The molecule has 2 bridgehead atoms. The van der Waals surface area contributed by atoms with Gasteiger partial charge in [0.25, 0.3) is 0 Å². The summed E-state index contributed by atoms with van der Waals surface area (Å²) in [6.07, 6.45) is 9.03. The molecule has 1 saturated carbocycles. The van der Waals surface area contributed by atoms with E-state index in [9.17, 15) is 14.4 Å². The fraction of sp³-hybridized carbons (Fsp3) is 0.485. The average Bonchev–Trinajstić information content (AvgIpc) is 3.62. The van der Waals surface area contributed by atoms with Crippen molar-refractivity contribution >= 4 is 23.4 Å². The molecule has 0 unspecified atom stereocenters. The Morgan fingerprint density at radius 2 is 1.76 bits per heavy atom. The van der Waals surface area contributed by atoms with Crippen LogP contribution in [0.3, 0.4) is 0 Å². The third kappa shape index (κ3) is 5.14. The quantitative estimate of drug-likeness (QED) is 0.451. The highest BCUT2D eigenvalue weighted by Crippen LogP contribution is 2.55. The Morgan fingerprint density at radius 1 is 1.02 bits per heavy atom. The van der Waals surface area contributed by atoms with Crippen molar-refractivity contribution in [2.45, 2.75) is 76.2 Å². The van der Waals surface area contributed by atoms with Crippen LogP contribution in [0, 0.1) is 18.8 Å². The maximum absolute atomic E-state index is 14.2. The summed E-state index contributed by atoms with van der Waals surface area (Å²) in [4.78, 5) is 43.5. The number of hydrogen-bond acceptors (Lipinski definition) is 5. The van der Waals surface area contributed by atoms with Gasteiger partial charge >= 0.3 is 0 Å². The van der Waals surface area contributed by atoms with Crippen LogP contribution in [0.5, 0.6) is 5.75 Å².